The van der Waals surface area contributed by atoms with Crippen molar-refractivity contribution in [2.24, 2.45) is 0 Å². The molecule has 2 heterocycles. The molecular formula is C15H25N3O2S. The van der Waals surface area contributed by atoms with E-state index in [-0.39, 0.29) is 0 Å². The first-order valence-corrected chi connectivity index (χ1v) is 9.28. The summed E-state index contributed by atoms with van der Waals surface area (Å²) >= 11 is 0. The predicted molar refractivity (Wildman–Crippen MR) is 84.9 cm³/mol. The lowest BCUT2D eigenvalue weighted by atomic mass is 10.2. The lowest BCUT2D eigenvalue weighted by molar-refractivity contribution is 0.346. The average Bonchev–Trinajstić information content (AvgIpc) is 2.53. The molecule has 21 heavy (non-hydrogen) atoms. The quantitative estimate of drug-likeness (QED) is 0.787. The number of unbranched alkanes of at least 4 members (excludes halogenated alkanes) is 2. The van der Waals surface area contributed by atoms with Crippen LogP contribution in [0, 0.1) is 0 Å². The molecule has 0 atom stereocenters. The van der Waals surface area contributed by atoms with Crippen molar-refractivity contribution in [2.75, 3.05) is 25.0 Å². The lowest BCUT2D eigenvalue weighted by Crippen LogP contribution is -2.35. The summed E-state index contributed by atoms with van der Waals surface area (Å²) in [5, 5.41) is 3.22. The molecule has 5 nitrogen and oxygen atoms in total. The Morgan fingerprint density at radius 1 is 1.19 bits per heavy atom. The first kappa shape index (κ1) is 16.2. The minimum Gasteiger partial charge on any atom is -0.370 e. The molecule has 0 aliphatic carbocycles. The van der Waals surface area contributed by atoms with Crippen molar-refractivity contribution in [1.29, 1.82) is 0 Å². The van der Waals surface area contributed by atoms with Crippen LogP contribution in [0.5, 0.6) is 0 Å². The molecule has 1 aliphatic rings. The molecule has 6 heteroatoms. The zero-order chi connectivity index (χ0) is 15.1. The van der Waals surface area contributed by atoms with E-state index in [0.717, 1.165) is 38.0 Å². The third-order valence-electron chi connectivity index (χ3n) is 3.78. The first-order chi connectivity index (χ1) is 10.1. The van der Waals surface area contributed by atoms with E-state index in [1.54, 1.807) is 16.4 Å². The Balaban J connectivity index is 1.97. The number of hydrogen-bond donors (Lipinski definition) is 1. The topological polar surface area (TPSA) is 62.3 Å². The zero-order valence-electron chi connectivity index (χ0n) is 12.7. The highest BCUT2D eigenvalue weighted by molar-refractivity contribution is 7.89. The van der Waals surface area contributed by atoms with Gasteiger partial charge in [0.15, 0.2) is 0 Å². The van der Waals surface area contributed by atoms with Gasteiger partial charge in [0.1, 0.15) is 10.7 Å². The van der Waals surface area contributed by atoms with E-state index in [9.17, 15) is 8.42 Å². The number of pyridine rings is 1. The van der Waals surface area contributed by atoms with Crippen LogP contribution < -0.4 is 5.32 Å². The maximum atomic E-state index is 12.5. The Bertz CT molecular complexity index is 522. The molecule has 0 unspecified atom stereocenters. The van der Waals surface area contributed by atoms with Crippen molar-refractivity contribution in [3.8, 4) is 0 Å². The molecule has 0 spiro atoms. The van der Waals surface area contributed by atoms with Crippen molar-refractivity contribution in [2.45, 2.75) is 50.3 Å². The van der Waals surface area contributed by atoms with Gasteiger partial charge in [-0.1, -0.05) is 26.2 Å². The molecule has 2 rings (SSSR count). The lowest BCUT2D eigenvalue weighted by Gasteiger charge is -2.25. The van der Waals surface area contributed by atoms with Crippen molar-refractivity contribution in [1.82, 2.24) is 9.29 Å². The van der Waals surface area contributed by atoms with E-state index in [1.165, 1.54) is 19.0 Å². The second kappa shape index (κ2) is 7.75. The van der Waals surface area contributed by atoms with Crippen LogP contribution in [0.1, 0.15) is 45.4 Å². The van der Waals surface area contributed by atoms with Gasteiger partial charge >= 0.3 is 0 Å². The van der Waals surface area contributed by atoms with E-state index in [4.69, 9.17) is 0 Å². The molecule has 1 fully saturated rings. The zero-order valence-corrected chi connectivity index (χ0v) is 13.5. The van der Waals surface area contributed by atoms with Gasteiger partial charge < -0.3 is 5.32 Å². The van der Waals surface area contributed by atoms with E-state index >= 15 is 0 Å². The number of nitrogens with one attached hydrogen (secondary N) is 1. The summed E-state index contributed by atoms with van der Waals surface area (Å²) < 4.78 is 26.5. The highest BCUT2D eigenvalue weighted by Crippen LogP contribution is 2.20. The highest BCUT2D eigenvalue weighted by Gasteiger charge is 2.25. The predicted octanol–water partition coefficient (Wildman–Crippen LogP) is 2.86. The standard InChI is InChI=1S/C15H25N3O2S/c1-2-3-5-10-16-15-9-8-14(13-17-15)21(19,20)18-11-6-4-7-12-18/h8-9,13H,2-7,10-12H2,1H3,(H,16,17). The molecule has 0 saturated carbocycles. The van der Waals surface area contributed by atoms with Crippen molar-refractivity contribution < 1.29 is 8.42 Å². The summed E-state index contributed by atoms with van der Waals surface area (Å²) in [4.78, 5) is 4.52. The third kappa shape index (κ3) is 4.41. The molecule has 1 N–H and O–H groups in total. The summed E-state index contributed by atoms with van der Waals surface area (Å²) in [5.74, 6) is 0.740. The number of piperidine rings is 1. The molecule has 0 aromatic carbocycles. The maximum Gasteiger partial charge on any atom is 0.244 e. The van der Waals surface area contributed by atoms with Gasteiger partial charge in [-0.15, -0.1) is 0 Å². The van der Waals surface area contributed by atoms with Gasteiger partial charge in [-0.25, -0.2) is 13.4 Å². The Kier molecular flexibility index (Phi) is 5.99. The van der Waals surface area contributed by atoms with Gasteiger partial charge in [-0.2, -0.15) is 4.31 Å². The third-order valence-corrected chi connectivity index (χ3v) is 5.66. The van der Waals surface area contributed by atoms with Crippen LogP contribution in [0.15, 0.2) is 23.2 Å². The molecule has 1 aromatic rings. The number of hydrogen-bond acceptors (Lipinski definition) is 4. The fourth-order valence-electron chi connectivity index (χ4n) is 2.48. The summed E-state index contributed by atoms with van der Waals surface area (Å²) in [7, 11) is -3.36. The van der Waals surface area contributed by atoms with Crippen LogP contribution in [-0.4, -0.2) is 37.3 Å². The molecule has 118 valence electrons. The first-order valence-electron chi connectivity index (χ1n) is 7.84. The van der Waals surface area contributed by atoms with Crippen LogP contribution in [-0.2, 0) is 10.0 Å². The summed E-state index contributed by atoms with van der Waals surface area (Å²) in [5.41, 5.74) is 0. The van der Waals surface area contributed by atoms with E-state index in [0.29, 0.717) is 18.0 Å². The monoisotopic (exact) mass is 311 g/mol. The minimum absolute atomic E-state index is 0.295. The van der Waals surface area contributed by atoms with Gasteiger partial charge in [-0.3, -0.25) is 0 Å². The van der Waals surface area contributed by atoms with E-state index < -0.39 is 10.0 Å². The van der Waals surface area contributed by atoms with Gasteiger partial charge in [0.05, 0.1) is 0 Å². The summed E-state index contributed by atoms with van der Waals surface area (Å²) in [6, 6.07) is 3.40. The van der Waals surface area contributed by atoms with Crippen LogP contribution in [0.25, 0.3) is 0 Å². The van der Waals surface area contributed by atoms with Gasteiger partial charge in [0.25, 0.3) is 0 Å². The fourth-order valence-corrected chi connectivity index (χ4v) is 3.95. The number of nitrogens with zero attached hydrogens (tertiary/aromatic N) is 2. The molecule has 0 amide bonds. The van der Waals surface area contributed by atoms with Crippen LogP contribution >= 0.6 is 0 Å². The maximum absolute atomic E-state index is 12.5. The molecule has 1 aromatic heterocycles. The van der Waals surface area contributed by atoms with Gasteiger partial charge in [0, 0.05) is 25.8 Å². The Morgan fingerprint density at radius 3 is 2.57 bits per heavy atom. The van der Waals surface area contributed by atoms with Crippen molar-refractivity contribution in [3.05, 3.63) is 18.3 Å². The van der Waals surface area contributed by atoms with E-state index in [1.807, 2.05) is 0 Å². The normalized spacial score (nSPS) is 16.8. The smallest absolute Gasteiger partial charge is 0.244 e. The Morgan fingerprint density at radius 2 is 1.95 bits per heavy atom. The van der Waals surface area contributed by atoms with E-state index in [2.05, 4.69) is 17.2 Å². The Labute approximate surface area is 127 Å². The van der Waals surface area contributed by atoms with Gasteiger partial charge in [0.2, 0.25) is 10.0 Å². The molecule has 1 aliphatic heterocycles. The van der Waals surface area contributed by atoms with Crippen LogP contribution in [0.3, 0.4) is 0 Å². The van der Waals surface area contributed by atoms with Crippen LogP contribution in [0.2, 0.25) is 0 Å². The van der Waals surface area contributed by atoms with Crippen molar-refractivity contribution >= 4 is 15.8 Å². The minimum atomic E-state index is -3.36. The van der Waals surface area contributed by atoms with Gasteiger partial charge in [-0.05, 0) is 31.4 Å². The number of sulfonamides is 1. The number of anilines is 1. The number of rotatable bonds is 7. The fraction of sp³-hybridized carbons (Fsp3) is 0.667. The molecule has 0 radical (unpaired) electrons. The Hall–Kier alpha value is -1.14. The molecular weight excluding hydrogens is 286 g/mol. The highest BCUT2D eigenvalue weighted by atomic mass is 32.2. The SMILES string of the molecule is CCCCCNc1ccc(S(=O)(=O)N2CCCCC2)cn1. The summed E-state index contributed by atoms with van der Waals surface area (Å²) in [6.07, 6.45) is 7.95. The summed E-state index contributed by atoms with van der Waals surface area (Å²) in [6.45, 7) is 4.29. The van der Waals surface area contributed by atoms with Crippen LogP contribution in [0.4, 0.5) is 5.82 Å². The number of aromatic nitrogens is 1. The molecule has 0 bridgehead atoms. The molecule has 1 saturated heterocycles. The van der Waals surface area contributed by atoms with Crippen molar-refractivity contribution in [3.63, 3.8) is 0 Å². The average molecular weight is 311 g/mol. The second-order valence-electron chi connectivity index (χ2n) is 5.48. The largest absolute Gasteiger partial charge is 0.370 e. The second-order valence-corrected chi connectivity index (χ2v) is 7.42.